The number of hydrogen-bond donors (Lipinski definition) is 1. The molecule has 0 saturated carbocycles. The van der Waals surface area contributed by atoms with Gasteiger partial charge in [0.1, 0.15) is 5.69 Å². The van der Waals surface area contributed by atoms with Crippen LogP contribution >= 0.6 is 0 Å². The summed E-state index contributed by atoms with van der Waals surface area (Å²) in [6.45, 7) is 7.21. The van der Waals surface area contributed by atoms with Gasteiger partial charge in [0.05, 0.1) is 0 Å². The highest BCUT2D eigenvalue weighted by atomic mass is 16.2. The molecule has 0 bridgehead atoms. The molecule has 0 unspecified atom stereocenters. The molecule has 0 aliphatic carbocycles. The molecular formula is C14H17N5O2. The molecule has 0 atom stereocenters. The molecule has 1 saturated heterocycles. The number of H-pyrrole nitrogens is 1. The van der Waals surface area contributed by atoms with Crippen molar-refractivity contribution in [2.24, 2.45) is 5.92 Å². The first kappa shape index (κ1) is 13.5. The van der Waals surface area contributed by atoms with Crippen molar-refractivity contribution in [2.75, 3.05) is 13.1 Å². The number of carbonyl (C=O) groups excluding carboxylic acids is 1. The first-order chi connectivity index (χ1) is 9.94. The molecule has 1 N–H and O–H groups in total. The van der Waals surface area contributed by atoms with Gasteiger partial charge in [0.15, 0.2) is 0 Å². The summed E-state index contributed by atoms with van der Waals surface area (Å²) in [5, 5.41) is 2.80. The summed E-state index contributed by atoms with van der Waals surface area (Å²) in [5.41, 5.74) is 1.47. The highest BCUT2D eigenvalue weighted by molar-refractivity contribution is 5.92. The van der Waals surface area contributed by atoms with E-state index in [1.165, 1.54) is 10.7 Å². The SMILES string of the molecule is Cc1cc(C)nc(-n2[nH]c(C(=O)N3CC(C)C3)cc2=O)n1. The van der Waals surface area contributed by atoms with E-state index in [2.05, 4.69) is 22.0 Å². The van der Waals surface area contributed by atoms with Crippen LogP contribution in [-0.4, -0.2) is 43.6 Å². The quantitative estimate of drug-likeness (QED) is 0.879. The molecule has 21 heavy (non-hydrogen) atoms. The molecule has 7 heteroatoms. The second-order valence-electron chi connectivity index (χ2n) is 5.61. The van der Waals surface area contributed by atoms with Crippen molar-refractivity contribution in [3.8, 4) is 5.95 Å². The van der Waals surface area contributed by atoms with E-state index in [1.54, 1.807) is 4.90 Å². The monoisotopic (exact) mass is 287 g/mol. The van der Waals surface area contributed by atoms with Gasteiger partial charge in [0.2, 0.25) is 0 Å². The number of likely N-dealkylation sites (tertiary alicyclic amines) is 1. The molecule has 3 heterocycles. The predicted molar refractivity (Wildman–Crippen MR) is 76.5 cm³/mol. The highest BCUT2D eigenvalue weighted by Gasteiger charge is 2.29. The van der Waals surface area contributed by atoms with E-state index in [-0.39, 0.29) is 23.1 Å². The van der Waals surface area contributed by atoms with Crippen molar-refractivity contribution in [3.63, 3.8) is 0 Å². The summed E-state index contributed by atoms with van der Waals surface area (Å²) >= 11 is 0. The Bertz CT molecular complexity index is 735. The van der Waals surface area contributed by atoms with Gasteiger partial charge in [-0.1, -0.05) is 6.92 Å². The van der Waals surface area contributed by atoms with Gasteiger partial charge in [-0.05, 0) is 25.8 Å². The Morgan fingerprint density at radius 3 is 2.43 bits per heavy atom. The Hall–Kier alpha value is -2.44. The van der Waals surface area contributed by atoms with Crippen molar-refractivity contribution in [1.29, 1.82) is 0 Å². The minimum absolute atomic E-state index is 0.159. The molecule has 0 spiro atoms. The second-order valence-corrected chi connectivity index (χ2v) is 5.61. The Morgan fingerprint density at radius 2 is 1.86 bits per heavy atom. The van der Waals surface area contributed by atoms with Crippen LogP contribution in [0.2, 0.25) is 0 Å². The lowest BCUT2D eigenvalue weighted by Crippen LogP contribution is -2.48. The fourth-order valence-electron chi connectivity index (χ4n) is 2.50. The molecule has 1 aliphatic rings. The van der Waals surface area contributed by atoms with Gasteiger partial charge in [0, 0.05) is 30.5 Å². The first-order valence-electron chi connectivity index (χ1n) is 6.88. The third-order valence-electron chi connectivity index (χ3n) is 3.47. The van der Waals surface area contributed by atoms with Crippen molar-refractivity contribution < 1.29 is 4.79 Å². The zero-order valence-electron chi connectivity index (χ0n) is 12.3. The third kappa shape index (κ3) is 2.46. The number of hydrogen-bond acceptors (Lipinski definition) is 4. The third-order valence-corrected chi connectivity index (χ3v) is 3.47. The van der Waals surface area contributed by atoms with Crippen LogP contribution < -0.4 is 5.56 Å². The van der Waals surface area contributed by atoms with Crippen LogP contribution in [0.15, 0.2) is 16.9 Å². The average Bonchev–Trinajstić information content (AvgIpc) is 2.75. The maximum absolute atomic E-state index is 12.2. The van der Waals surface area contributed by atoms with E-state index < -0.39 is 0 Å². The van der Waals surface area contributed by atoms with Crippen molar-refractivity contribution in [2.45, 2.75) is 20.8 Å². The van der Waals surface area contributed by atoms with E-state index in [0.717, 1.165) is 24.5 Å². The maximum Gasteiger partial charge on any atom is 0.274 e. The van der Waals surface area contributed by atoms with Crippen molar-refractivity contribution in [1.82, 2.24) is 24.6 Å². The molecule has 2 aromatic rings. The number of rotatable bonds is 2. The topological polar surface area (TPSA) is 83.9 Å². The Labute approximate surface area is 121 Å². The van der Waals surface area contributed by atoms with Crippen molar-refractivity contribution in [3.05, 3.63) is 39.6 Å². The summed E-state index contributed by atoms with van der Waals surface area (Å²) in [6.07, 6.45) is 0. The molecule has 2 aromatic heterocycles. The van der Waals surface area contributed by atoms with Gasteiger partial charge in [-0.25, -0.2) is 9.97 Å². The summed E-state index contributed by atoms with van der Waals surface area (Å²) in [4.78, 5) is 34.4. The number of aryl methyl sites for hydroxylation is 2. The summed E-state index contributed by atoms with van der Waals surface area (Å²) < 4.78 is 1.20. The van der Waals surface area contributed by atoms with E-state index >= 15 is 0 Å². The average molecular weight is 287 g/mol. The van der Waals surface area contributed by atoms with E-state index in [1.807, 2.05) is 19.9 Å². The van der Waals surface area contributed by atoms with Gasteiger partial charge < -0.3 is 4.90 Å². The minimum Gasteiger partial charge on any atom is -0.337 e. The van der Waals surface area contributed by atoms with Crippen LogP contribution in [0, 0.1) is 19.8 Å². The van der Waals surface area contributed by atoms with E-state index in [9.17, 15) is 9.59 Å². The smallest absolute Gasteiger partial charge is 0.274 e. The van der Waals surface area contributed by atoms with Crippen LogP contribution in [-0.2, 0) is 0 Å². The fraction of sp³-hybridized carbons (Fsp3) is 0.429. The molecular weight excluding hydrogens is 270 g/mol. The molecule has 0 aromatic carbocycles. The Morgan fingerprint density at radius 1 is 1.24 bits per heavy atom. The molecule has 3 rings (SSSR count). The standard InChI is InChI=1S/C14H17N5O2/c1-8-6-18(7-8)13(21)11-5-12(20)19(17-11)14-15-9(2)4-10(3)16-14/h4-5,8,17H,6-7H2,1-3H3. The Balaban J connectivity index is 1.94. The molecule has 1 amide bonds. The van der Waals surface area contributed by atoms with Gasteiger partial charge >= 0.3 is 0 Å². The summed E-state index contributed by atoms with van der Waals surface area (Å²) in [7, 11) is 0. The number of aromatic amines is 1. The van der Waals surface area contributed by atoms with E-state index in [4.69, 9.17) is 0 Å². The minimum atomic E-state index is -0.336. The van der Waals surface area contributed by atoms with Gasteiger partial charge in [0.25, 0.3) is 17.4 Å². The first-order valence-corrected chi connectivity index (χ1v) is 6.88. The van der Waals surface area contributed by atoms with Gasteiger partial charge in [-0.3, -0.25) is 14.7 Å². The summed E-state index contributed by atoms with van der Waals surface area (Å²) in [6, 6.07) is 3.12. The number of amides is 1. The Kier molecular flexibility index (Phi) is 3.12. The van der Waals surface area contributed by atoms with Gasteiger partial charge in [-0.2, -0.15) is 4.68 Å². The molecule has 1 fully saturated rings. The molecule has 7 nitrogen and oxygen atoms in total. The van der Waals surface area contributed by atoms with Crippen LogP contribution in [0.3, 0.4) is 0 Å². The predicted octanol–water partition coefficient (Wildman–Crippen LogP) is 0.664. The highest BCUT2D eigenvalue weighted by Crippen LogP contribution is 2.16. The largest absolute Gasteiger partial charge is 0.337 e. The molecule has 0 radical (unpaired) electrons. The zero-order valence-corrected chi connectivity index (χ0v) is 12.3. The maximum atomic E-state index is 12.2. The van der Waals surface area contributed by atoms with Crippen LogP contribution in [0.4, 0.5) is 0 Å². The lowest BCUT2D eigenvalue weighted by atomic mass is 10.0. The van der Waals surface area contributed by atoms with Crippen LogP contribution in [0.1, 0.15) is 28.8 Å². The summed E-state index contributed by atoms with van der Waals surface area (Å²) in [5.74, 6) is 0.618. The molecule has 1 aliphatic heterocycles. The molecule has 110 valence electrons. The normalized spacial score (nSPS) is 15.1. The second kappa shape index (κ2) is 4.83. The van der Waals surface area contributed by atoms with Crippen molar-refractivity contribution >= 4 is 5.91 Å². The number of aromatic nitrogens is 4. The van der Waals surface area contributed by atoms with Crippen LogP contribution in [0.5, 0.6) is 0 Å². The van der Waals surface area contributed by atoms with E-state index in [0.29, 0.717) is 5.92 Å². The number of nitrogens with zero attached hydrogens (tertiary/aromatic N) is 4. The van der Waals surface area contributed by atoms with Gasteiger partial charge in [-0.15, -0.1) is 0 Å². The fourth-order valence-corrected chi connectivity index (χ4v) is 2.50. The number of nitrogens with one attached hydrogen (secondary N) is 1. The zero-order chi connectivity index (χ0) is 15.1. The number of carbonyl (C=O) groups is 1. The van der Waals surface area contributed by atoms with Crippen LogP contribution in [0.25, 0.3) is 5.95 Å². The lowest BCUT2D eigenvalue weighted by molar-refractivity contribution is 0.0523. The lowest BCUT2D eigenvalue weighted by Gasteiger charge is -2.36.